The van der Waals surface area contributed by atoms with Crippen LogP contribution in [-0.2, 0) is 14.3 Å². The fourth-order valence-corrected chi connectivity index (χ4v) is 1.44. The van der Waals surface area contributed by atoms with Gasteiger partial charge in [0.05, 0.1) is 7.11 Å². The standard InChI is InChI=1S/C12H21NO3/c1-8(2)7-10(12(15)16-6)13(5)11(14)9(3)4/h8,10H,3,7H2,1-2,4-6H3/t10-/m0/s1. The average Bonchev–Trinajstić information content (AvgIpc) is 2.22. The van der Waals surface area contributed by atoms with E-state index in [0.717, 1.165) is 0 Å². The summed E-state index contributed by atoms with van der Waals surface area (Å²) in [6, 6.07) is -0.533. The number of rotatable bonds is 5. The van der Waals surface area contributed by atoms with E-state index in [4.69, 9.17) is 4.74 Å². The lowest BCUT2D eigenvalue weighted by Gasteiger charge is -2.27. The summed E-state index contributed by atoms with van der Waals surface area (Å²) in [5.41, 5.74) is 0.417. The molecule has 0 rings (SSSR count). The topological polar surface area (TPSA) is 46.6 Å². The first-order valence-electron chi connectivity index (χ1n) is 5.31. The summed E-state index contributed by atoms with van der Waals surface area (Å²) in [5.74, 6) is -0.300. The summed E-state index contributed by atoms with van der Waals surface area (Å²) in [7, 11) is 2.93. The summed E-state index contributed by atoms with van der Waals surface area (Å²) in [4.78, 5) is 24.7. The highest BCUT2D eigenvalue weighted by Gasteiger charge is 2.28. The van der Waals surface area contributed by atoms with Gasteiger partial charge in [0.1, 0.15) is 6.04 Å². The molecule has 0 fully saturated rings. The number of carbonyl (C=O) groups excluding carboxylic acids is 2. The van der Waals surface area contributed by atoms with E-state index >= 15 is 0 Å². The molecule has 0 heterocycles. The molecular formula is C12H21NO3. The van der Waals surface area contributed by atoms with Crippen molar-refractivity contribution in [1.82, 2.24) is 4.90 Å². The number of hydrogen-bond donors (Lipinski definition) is 0. The van der Waals surface area contributed by atoms with Gasteiger partial charge in [0.2, 0.25) is 5.91 Å². The average molecular weight is 227 g/mol. The van der Waals surface area contributed by atoms with Gasteiger partial charge in [0.25, 0.3) is 0 Å². The van der Waals surface area contributed by atoms with Crippen molar-refractivity contribution in [2.75, 3.05) is 14.2 Å². The van der Waals surface area contributed by atoms with Crippen molar-refractivity contribution in [3.8, 4) is 0 Å². The summed E-state index contributed by atoms with van der Waals surface area (Å²) < 4.78 is 4.70. The molecule has 0 aromatic carbocycles. The fourth-order valence-electron chi connectivity index (χ4n) is 1.44. The van der Waals surface area contributed by atoms with Gasteiger partial charge in [-0.05, 0) is 19.3 Å². The first-order chi connectivity index (χ1) is 7.31. The van der Waals surface area contributed by atoms with Crippen LogP contribution in [0.3, 0.4) is 0 Å². The normalized spacial score (nSPS) is 12.1. The van der Waals surface area contributed by atoms with Gasteiger partial charge in [0, 0.05) is 12.6 Å². The minimum atomic E-state index is -0.533. The Kier molecular flexibility index (Phi) is 5.78. The molecule has 0 aromatic heterocycles. The van der Waals surface area contributed by atoms with Gasteiger partial charge in [-0.25, -0.2) is 4.79 Å². The zero-order valence-corrected chi connectivity index (χ0v) is 10.7. The van der Waals surface area contributed by atoms with Crippen LogP contribution in [0.15, 0.2) is 12.2 Å². The van der Waals surface area contributed by atoms with Gasteiger partial charge >= 0.3 is 5.97 Å². The van der Waals surface area contributed by atoms with Gasteiger partial charge in [-0.15, -0.1) is 0 Å². The first kappa shape index (κ1) is 14.7. The Balaban J connectivity index is 4.81. The zero-order valence-electron chi connectivity index (χ0n) is 10.7. The number of esters is 1. The Labute approximate surface area is 97.3 Å². The molecular weight excluding hydrogens is 206 g/mol. The zero-order chi connectivity index (χ0) is 12.9. The molecule has 0 bridgehead atoms. The second kappa shape index (κ2) is 6.30. The summed E-state index contributed by atoms with van der Waals surface area (Å²) in [5, 5.41) is 0. The number of nitrogens with zero attached hydrogens (tertiary/aromatic N) is 1. The predicted molar refractivity (Wildman–Crippen MR) is 62.8 cm³/mol. The van der Waals surface area contributed by atoms with Crippen LogP contribution in [0, 0.1) is 5.92 Å². The third kappa shape index (κ3) is 4.04. The van der Waals surface area contributed by atoms with E-state index in [1.807, 2.05) is 13.8 Å². The molecule has 0 radical (unpaired) electrons. The third-order valence-electron chi connectivity index (χ3n) is 2.32. The Morgan fingerprint density at radius 2 is 1.88 bits per heavy atom. The number of methoxy groups -OCH3 is 1. The maximum absolute atomic E-state index is 11.7. The number of likely N-dealkylation sites (N-methyl/N-ethyl adjacent to an activating group) is 1. The van der Waals surface area contributed by atoms with E-state index in [1.54, 1.807) is 14.0 Å². The van der Waals surface area contributed by atoms with Crippen LogP contribution in [0.1, 0.15) is 27.2 Å². The summed E-state index contributed by atoms with van der Waals surface area (Å²) in [6.45, 7) is 9.20. The first-order valence-corrected chi connectivity index (χ1v) is 5.31. The van der Waals surface area contributed by atoms with Crippen molar-refractivity contribution in [2.45, 2.75) is 33.2 Å². The molecule has 0 spiro atoms. The van der Waals surface area contributed by atoms with Crippen molar-refractivity contribution in [2.24, 2.45) is 5.92 Å². The highest BCUT2D eigenvalue weighted by Crippen LogP contribution is 2.13. The molecule has 0 unspecified atom stereocenters. The molecule has 0 saturated carbocycles. The van der Waals surface area contributed by atoms with Crippen molar-refractivity contribution >= 4 is 11.9 Å². The number of carbonyl (C=O) groups is 2. The van der Waals surface area contributed by atoms with Gasteiger partial charge in [0.15, 0.2) is 0 Å². The van der Waals surface area contributed by atoms with Crippen LogP contribution in [0.5, 0.6) is 0 Å². The number of hydrogen-bond acceptors (Lipinski definition) is 3. The van der Waals surface area contributed by atoms with Crippen molar-refractivity contribution in [1.29, 1.82) is 0 Å². The maximum atomic E-state index is 11.7. The molecule has 92 valence electrons. The van der Waals surface area contributed by atoms with Gasteiger partial charge in [-0.2, -0.15) is 0 Å². The van der Waals surface area contributed by atoms with E-state index in [2.05, 4.69) is 6.58 Å². The van der Waals surface area contributed by atoms with Crippen molar-refractivity contribution < 1.29 is 14.3 Å². The second-order valence-electron chi connectivity index (χ2n) is 4.36. The monoisotopic (exact) mass is 227 g/mol. The Morgan fingerprint density at radius 1 is 1.38 bits per heavy atom. The molecule has 0 saturated heterocycles. The van der Waals surface area contributed by atoms with E-state index in [-0.39, 0.29) is 11.9 Å². The minimum absolute atomic E-state index is 0.226. The lowest BCUT2D eigenvalue weighted by Crippen LogP contribution is -2.44. The minimum Gasteiger partial charge on any atom is -0.467 e. The predicted octanol–water partition coefficient (Wildman–Crippen LogP) is 1.61. The molecule has 0 N–H and O–H groups in total. The van der Waals surface area contributed by atoms with Gasteiger partial charge in [-0.1, -0.05) is 20.4 Å². The number of ether oxygens (including phenoxy) is 1. The molecule has 4 heteroatoms. The van der Waals surface area contributed by atoms with Crippen molar-refractivity contribution in [3.63, 3.8) is 0 Å². The van der Waals surface area contributed by atoms with Crippen LogP contribution < -0.4 is 0 Å². The largest absolute Gasteiger partial charge is 0.467 e. The van der Waals surface area contributed by atoms with Crippen LogP contribution in [0.25, 0.3) is 0 Å². The lowest BCUT2D eigenvalue weighted by molar-refractivity contribution is -0.151. The fraction of sp³-hybridized carbons (Fsp3) is 0.667. The highest BCUT2D eigenvalue weighted by molar-refractivity contribution is 5.94. The molecule has 0 aromatic rings. The SMILES string of the molecule is C=C(C)C(=O)N(C)[C@@H](CC(C)C)C(=O)OC. The van der Waals surface area contributed by atoms with E-state index in [9.17, 15) is 9.59 Å². The summed E-state index contributed by atoms with van der Waals surface area (Å²) in [6.07, 6.45) is 0.586. The molecule has 0 aliphatic carbocycles. The smallest absolute Gasteiger partial charge is 0.328 e. The van der Waals surface area contributed by atoms with Crippen LogP contribution >= 0.6 is 0 Å². The van der Waals surface area contributed by atoms with Gasteiger partial charge in [-0.3, -0.25) is 4.79 Å². The van der Waals surface area contributed by atoms with Gasteiger partial charge < -0.3 is 9.64 Å². The molecule has 4 nitrogen and oxygen atoms in total. The lowest BCUT2D eigenvalue weighted by atomic mass is 10.0. The Morgan fingerprint density at radius 3 is 2.19 bits per heavy atom. The van der Waals surface area contributed by atoms with Crippen LogP contribution in [-0.4, -0.2) is 37.0 Å². The second-order valence-corrected chi connectivity index (χ2v) is 4.36. The highest BCUT2D eigenvalue weighted by atomic mass is 16.5. The molecule has 16 heavy (non-hydrogen) atoms. The van der Waals surface area contributed by atoms with E-state index in [0.29, 0.717) is 17.9 Å². The Bertz CT molecular complexity index is 284. The maximum Gasteiger partial charge on any atom is 0.328 e. The van der Waals surface area contributed by atoms with Crippen molar-refractivity contribution in [3.05, 3.63) is 12.2 Å². The quantitative estimate of drug-likeness (QED) is 0.529. The van der Waals surface area contributed by atoms with Crippen LogP contribution in [0.4, 0.5) is 0 Å². The number of amides is 1. The molecule has 1 amide bonds. The molecule has 0 aliphatic heterocycles. The molecule has 0 aliphatic rings. The van der Waals surface area contributed by atoms with Crippen LogP contribution in [0.2, 0.25) is 0 Å². The van der Waals surface area contributed by atoms with E-state index < -0.39 is 6.04 Å². The van der Waals surface area contributed by atoms with E-state index in [1.165, 1.54) is 12.0 Å². The third-order valence-corrected chi connectivity index (χ3v) is 2.32. The molecule has 1 atom stereocenters. The Hall–Kier alpha value is -1.32. The summed E-state index contributed by atoms with van der Waals surface area (Å²) >= 11 is 0.